The van der Waals surface area contributed by atoms with Crippen molar-refractivity contribution in [1.29, 1.82) is 0 Å². The average Bonchev–Trinajstić information content (AvgIpc) is 2.11. The summed E-state index contributed by atoms with van der Waals surface area (Å²) in [6, 6.07) is 0. The lowest BCUT2D eigenvalue weighted by Gasteiger charge is -2.09. The van der Waals surface area contributed by atoms with Crippen LogP contribution in [0.2, 0.25) is 0 Å². The van der Waals surface area contributed by atoms with Crippen molar-refractivity contribution >= 4 is 5.78 Å². The van der Waals surface area contributed by atoms with Crippen molar-refractivity contribution < 1.29 is 9.53 Å². The molecule has 0 aliphatic carbocycles. The first-order chi connectivity index (χ1) is 5.67. The lowest BCUT2D eigenvalue weighted by molar-refractivity contribution is -0.121. The molecule has 0 fully saturated rings. The molecule has 0 heterocycles. The van der Waals surface area contributed by atoms with Gasteiger partial charge in [-0.15, -0.1) is 0 Å². The lowest BCUT2D eigenvalue weighted by Crippen LogP contribution is -2.13. The molecule has 0 aromatic heterocycles. The van der Waals surface area contributed by atoms with Gasteiger partial charge in [0.05, 0.1) is 6.26 Å². The van der Waals surface area contributed by atoms with E-state index in [1.807, 2.05) is 13.8 Å². The van der Waals surface area contributed by atoms with Gasteiger partial charge in [0.1, 0.15) is 0 Å². The van der Waals surface area contributed by atoms with E-state index in [9.17, 15) is 4.79 Å². The van der Waals surface area contributed by atoms with Crippen LogP contribution >= 0.6 is 0 Å². The molecule has 0 aromatic carbocycles. The monoisotopic (exact) mass is 168 g/mol. The molecule has 0 N–H and O–H groups in total. The summed E-state index contributed by atoms with van der Waals surface area (Å²) in [6.45, 7) is 9.04. The van der Waals surface area contributed by atoms with Crippen LogP contribution in [-0.4, -0.2) is 5.78 Å². The van der Waals surface area contributed by atoms with E-state index in [0.717, 1.165) is 6.42 Å². The van der Waals surface area contributed by atoms with Gasteiger partial charge >= 0.3 is 0 Å². The minimum atomic E-state index is 0.0242. The molecule has 0 aliphatic rings. The maximum Gasteiger partial charge on any atom is 0.200 e. The van der Waals surface area contributed by atoms with Gasteiger partial charge in [0.2, 0.25) is 0 Å². The summed E-state index contributed by atoms with van der Waals surface area (Å²) >= 11 is 0. The molecule has 0 rings (SSSR count). The van der Waals surface area contributed by atoms with Crippen LogP contribution < -0.4 is 0 Å². The maximum atomic E-state index is 11.5. The highest BCUT2D eigenvalue weighted by Crippen LogP contribution is 2.11. The first kappa shape index (κ1) is 11.0. The Bertz CT molecular complexity index is 192. The Labute approximate surface area is 73.9 Å². The molecule has 1 unspecified atom stereocenters. The summed E-state index contributed by atoms with van der Waals surface area (Å²) in [7, 11) is 0. The zero-order chi connectivity index (χ0) is 9.56. The number of hydrogen-bond donors (Lipinski definition) is 0. The number of ketones is 1. The number of rotatable bonds is 5. The first-order valence-corrected chi connectivity index (χ1v) is 4.15. The molecule has 0 amide bonds. The zero-order valence-electron chi connectivity index (χ0n) is 7.96. The number of Topliss-reactive ketones (excluding diaryl/α,β-unsaturated/α-hetero) is 1. The van der Waals surface area contributed by atoms with Gasteiger partial charge in [0.15, 0.2) is 11.5 Å². The van der Waals surface area contributed by atoms with E-state index >= 15 is 0 Å². The summed E-state index contributed by atoms with van der Waals surface area (Å²) in [5.74, 6) is 0.454. The third kappa shape index (κ3) is 2.91. The molecule has 68 valence electrons. The summed E-state index contributed by atoms with van der Waals surface area (Å²) in [6.07, 6.45) is 3.77. The second-order valence-electron chi connectivity index (χ2n) is 2.61. The predicted molar refractivity (Wildman–Crippen MR) is 49.5 cm³/mol. The highest BCUT2D eigenvalue weighted by molar-refractivity contribution is 5.95. The van der Waals surface area contributed by atoms with Crippen molar-refractivity contribution in [3.63, 3.8) is 0 Å². The maximum absolute atomic E-state index is 11.5. The van der Waals surface area contributed by atoms with E-state index in [1.165, 1.54) is 6.26 Å². The van der Waals surface area contributed by atoms with Crippen LogP contribution in [0.1, 0.15) is 27.2 Å². The molecule has 2 nitrogen and oxygen atoms in total. The minimum absolute atomic E-state index is 0.0242. The highest BCUT2D eigenvalue weighted by Gasteiger charge is 2.15. The molecule has 12 heavy (non-hydrogen) atoms. The van der Waals surface area contributed by atoms with Crippen molar-refractivity contribution in [3.8, 4) is 0 Å². The molecule has 0 saturated carbocycles. The second kappa shape index (κ2) is 5.58. The quantitative estimate of drug-likeness (QED) is 0.466. The molecule has 0 saturated heterocycles. The van der Waals surface area contributed by atoms with Crippen molar-refractivity contribution in [3.05, 3.63) is 24.7 Å². The average molecular weight is 168 g/mol. The van der Waals surface area contributed by atoms with Gasteiger partial charge in [-0.3, -0.25) is 4.79 Å². The third-order valence-electron chi connectivity index (χ3n) is 1.78. The predicted octanol–water partition coefficient (Wildman–Crippen LogP) is 2.67. The van der Waals surface area contributed by atoms with Crippen LogP contribution in [0.5, 0.6) is 0 Å². The third-order valence-corrected chi connectivity index (χ3v) is 1.78. The van der Waals surface area contributed by atoms with Gasteiger partial charge in [-0.25, -0.2) is 0 Å². The summed E-state index contributed by atoms with van der Waals surface area (Å²) in [5, 5.41) is 0. The van der Waals surface area contributed by atoms with Crippen LogP contribution in [0, 0.1) is 5.92 Å². The topological polar surface area (TPSA) is 26.3 Å². The molecule has 0 aromatic rings. The van der Waals surface area contributed by atoms with Crippen LogP contribution in [0.25, 0.3) is 0 Å². The van der Waals surface area contributed by atoms with Gasteiger partial charge in [-0.1, -0.05) is 20.4 Å². The van der Waals surface area contributed by atoms with Gasteiger partial charge in [-0.2, -0.15) is 0 Å². The fourth-order valence-corrected chi connectivity index (χ4v) is 0.786. The first-order valence-electron chi connectivity index (χ1n) is 4.15. The fraction of sp³-hybridized carbons (Fsp3) is 0.500. The van der Waals surface area contributed by atoms with Crippen LogP contribution in [0.3, 0.4) is 0 Å². The largest absolute Gasteiger partial charge is 0.462 e. The molecular formula is C10H16O2. The Balaban J connectivity index is 4.32. The van der Waals surface area contributed by atoms with E-state index in [-0.39, 0.29) is 11.7 Å². The minimum Gasteiger partial charge on any atom is -0.462 e. The van der Waals surface area contributed by atoms with Gasteiger partial charge in [0, 0.05) is 5.92 Å². The summed E-state index contributed by atoms with van der Waals surface area (Å²) < 4.78 is 4.95. The summed E-state index contributed by atoms with van der Waals surface area (Å²) in [4.78, 5) is 11.5. The SMILES string of the molecule is C=COC(=CC)C(=O)C(C)CC. The zero-order valence-corrected chi connectivity index (χ0v) is 7.96. The Morgan fingerprint density at radius 1 is 1.67 bits per heavy atom. The van der Waals surface area contributed by atoms with Crippen molar-refractivity contribution in [2.75, 3.05) is 0 Å². The van der Waals surface area contributed by atoms with Crippen molar-refractivity contribution in [2.45, 2.75) is 27.2 Å². The molecule has 2 heteroatoms. The van der Waals surface area contributed by atoms with E-state index in [4.69, 9.17) is 4.74 Å². The number of hydrogen-bond acceptors (Lipinski definition) is 2. The van der Waals surface area contributed by atoms with Crippen molar-refractivity contribution in [2.24, 2.45) is 5.92 Å². The smallest absolute Gasteiger partial charge is 0.200 e. The van der Waals surface area contributed by atoms with E-state index in [0.29, 0.717) is 5.76 Å². The van der Waals surface area contributed by atoms with Gasteiger partial charge in [-0.05, 0) is 19.4 Å². The Hall–Kier alpha value is -1.05. The Morgan fingerprint density at radius 2 is 2.25 bits per heavy atom. The highest BCUT2D eigenvalue weighted by atomic mass is 16.5. The Morgan fingerprint density at radius 3 is 2.58 bits per heavy atom. The van der Waals surface area contributed by atoms with Crippen LogP contribution in [0.4, 0.5) is 0 Å². The van der Waals surface area contributed by atoms with E-state index in [1.54, 1.807) is 13.0 Å². The van der Waals surface area contributed by atoms with Gasteiger partial charge < -0.3 is 4.74 Å². The van der Waals surface area contributed by atoms with E-state index < -0.39 is 0 Å². The molecular weight excluding hydrogens is 152 g/mol. The number of allylic oxidation sites excluding steroid dienone is 2. The molecule has 1 atom stereocenters. The number of carbonyl (C=O) groups is 1. The standard InChI is InChI=1S/C10H16O2/c1-5-8(4)10(11)9(6-2)12-7-3/h6-8H,3,5H2,1-2,4H3. The van der Waals surface area contributed by atoms with Crippen molar-refractivity contribution in [1.82, 2.24) is 0 Å². The van der Waals surface area contributed by atoms with Gasteiger partial charge in [0.25, 0.3) is 0 Å². The van der Waals surface area contributed by atoms with E-state index in [2.05, 4.69) is 6.58 Å². The molecule has 0 spiro atoms. The summed E-state index contributed by atoms with van der Waals surface area (Å²) in [5.41, 5.74) is 0. The normalized spacial score (nSPS) is 13.8. The number of ether oxygens (including phenoxy) is 1. The Kier molecular flexibility index (Phi) is 5.09. The molecule has 0 radical (unpaired) electrons. The number of carbonyl (C=O) groups excluding carboxylic acids is 1. The van der Waals surface area contributed by atoms with Crippen LogP contribution in [-0.2, 0) is 9.53 Å². The second-order valence-corrected chi connectivity index (χ2v) is 2.61. The van der Waals surface area contributed by atoms with Crippen LogP contribution in [0.15, 0.2) is 24.7 Å². The molecule has 0 bridgehead atoms. The fourth-order valence-electron chi connectivity index (χ4n) is 0.786. The lowest BCUT2D eigenvalue weighted by atomic mass is 10.0. The molecule has 0 aliphatic heterocycles.